The number of rotatable bonds is 7. The number of amides is 1. The molecule has 0 radical (unpaired) electrons. The van der Waals surface area contributed by atoms with E-state index in [0.717, 1.165) is 6.42 Å². The Morgan fingerprint density at radius 3 is 2.95 bits per heavy atom. The summed E-state index contributed by atoms with van der Waals surface area (Å²) in [6, 6.07) is 2.07. The van der Waals surface area contributed by atoms with E-state index in [1.165, 1.54) is 10.5 Å². The third kappa shape index (κ3) is 4.56. The molecule has 0 saturated heterocycles. The average Bonchev–Trinajstić information content (AvgIpc) is 3.05. The van der Waals surface area contributed by atoms with Crippen LogP contribution in [0.25, 0.3) is 0 Å². The number of likely N-dealkylation sites (N-methyl/N-ethyl adjacent to an activating group) is 1. The van der Waals surface area contributed by atoms with Crippen LogP contribution in [0.4, 0.5) is 0 Å². The zero-order chi connectivity index (χ0) is 15.9. The van der Waals surface area contributed by atoms with Crippen LogP contribution in [-0.2, 0) is 14.3 Å². The molecular weight excluding hydrogens is 302 g/mol. The summed E-state index contributed by atoms with van der Waals surface area (Å²) in [6.07, 6.45) is 3.64. The number of nitrogens with zero attached hydrogens (tertiary/aromatic N) is 1. The van der Waals surface area contributed by atoms with Crippen molar-refractivity contribution in [3.8, 4) is 0 Å². The highest BCUT2D eigenvalue weighted by Gasteiger charge is 2.29. The molecular formula is C16H23NO4S. The van der Waals surface area contributed by atoms with Gasteiger partial charge < -0.3 is 19.5 Å². The first kappa shape index (κ1) is 17.0. The summed E-state index contributed by atoms with van der Waals surface area (Å²) < 4.78 is 11.4. The van der Waals surface area contributed by atoms with E-state index in [-0.39, 0.29) is 18.4 Å². The fraction of sp³-hybridized carbons (Fsp3) is 0.562. The standard InChI is InChI=1S/C16H23NO4S/c1-17(2)16(19)14-9-13(12-5-8-22-11-12)10-15(21-14)20-7-4-3-6-18/h5,8-9,11,13,15,18H,3-4,6-7,10H2,1-2H3/t13-,15+/m1/s1. The molecule has 1 aromatic rings. The van der Waals surface area contributed by atoms with E-state index < -0.39 is 6.29 Å². The number of hydrogen-bond acceptors (Lipinski definition) is 5. The second-order valence-electron chi connectivity index (χ2n) is 5.48. The summed E-state index contributed by atoms with van der Waals surface area (Å²) >= 11 is 1.64. The fourth-order valence-corrected chi connectivity index (χ4v) is 3.00. The molecule has 1 aliphatic heterocycles. The SMILES string of the molecule is CN(C)C(=O)C1=C[C@@H](c2ccsc2)C[C@@H](OCCCCO)O1. The molecule has 0 unspecified atom stereocenters. The molecule has 122 valence electrons. The molecule has 2 rings (SSSR count). The maximum Gasteiger partial charge on any atom is 0.288 e. The summed E-state index contributed by atoms with van der Waals surface area (Å²) in [7, 11) is 3.41. The molecule has 2 atom stereocenters. The van der Waals surface area contributed by atoms with Crippen LogP contribution in [-0.4, -0.2) is 49.5 Å². The van der Waals surface area contributed by atoms with Crippen molar-refractivity contribution < 1.29 is 19.4 Å². The topological polar surface area (TPSA) is 59.0 Å². The molecule has 0 aliphatic carbocycles. The van der Waals surface area contributed by atoms with E-state index in [4.69, 9.17) is 14.6 Å². The van der Waals surface area contributed by atoms with Gasteiger partial charge in [-0.15, -0.1) is 0 Å². The van der Waals surface area contributed by atoms with Crippen molar-refractivity contribution in [2.75, 3.05) is 27.3 Å². The van der Waals surface area contributed by atoms with Crippen molar-refractivity contribution in [1.82, 2.24) is 4.90 Å². The third-order valence-electron chi connectivity index (χ3n) is 3.50. The van der Waals surface area contributed by atoms with Crippen molar-refractivity contribution in [2.24, 2.45) is 0 Å². The molecule has 0 saturated carbocycles. The number of thiophene rings is 1. The Bertz CT molecular complexity index is 498. The molecule has 0 bridgehead atoms. The monoisotopic (exact) mass is 325 g/mol. The van der Waals surface area contributed by atoms with E-state index in [9.17, 15) is 4.79 Å². The van der Waals surface area contributed by atoms with Crippen LogP contribution in [0.15, 0.2) is 28.7 Å². The summed E-state index contributed by atoms with van der Waals surface area (Å²) in [5, 5.41) is 12.9. The first-order valence-electron chi connectivity index (χ1n) is 7.46. The Kier molecular flexibility index (Phi) is 6.42. The molecule has 1 N–H and O–H groups in total. The van der Waals surface area contributed by atoms with Gasteiger partial charge in [0.05, 0.1) is 6.61 Å². The van der Waals surface area contributed by atoms with E-state index in [0.29, 0.717) is 25.2 Å². The number of carbonyl (C=O) groups is 1. The van der Waals surface area contributed by atoms with Gasteiger partial charge in [-0.2, -0.15) is 11.3 Å². The largest absolute Gasteiger partial charge is 0.459 e. The van der Waals surface area contributed by atoms with Crippen molar-refractivity contribution in [1.29, 1.82) is 0 Å². The Hall–Kier alpha value is -1.37. The van der Waals surface area contributed by atoms with Crippen molar-refractivity contribution in [2.45, 2.75) is 31.5 Å². The van der Waals surface area contributed by atoms with Gasteiger partial charge in [-0.1, -0.05) is 0 Å². The van der Waals surface area contributed by atoms with Crippen LogP contribution in [0.3, 0.4) is 0 Å². The first-order chi connectivity index (χ1) is 10.6. The molecule has 2 heterocycles. The van der Waals surface area contributed by atoms with Gasteiger partial charge in [0.25, 0.3) is 5.91 Å². The first-order valence-corrected chi connectivity index (χ1v) is 8.40. The summed E-state index contributed by atoms with van der Waals surface area (Å²) in [6.45, 7) is 0.682. The normalized spacial score (nSPS) is 21.1. The van der Waals surface area contributed by atoms with Gasteiger partial charge in [0, 0.05) is 33.0 Å². The Balaban J connectivity index is 2.06. The fourth-order valence-electron chi connectivity index (χ4n) is 2.28. The van der Waals surface area contributed by atoms with Gasteiger partial charge in [0.15, 0.2) is 5.76 Å². The number of allylic oxidation sites excluding steroid dienone is 1. The van der Waals surface area contributed by atoms with E-state index in [1.807, 2.05) is 11.5 Å². The zero-order valence-corrected chi connectivity index (χ0v) is 13.8. The maximum absolute atomic E-state index is 12.2. The maximum atomic E-state index is 12.2. The van der Waals surface area contributed by atoms with Gasteiger partial charge >= 0.3 is 0 Å². The highest BCUT2D eigenvalue weighted by Crippen LogP contribution is 2.32. The van der Waals surface area contributed by atoms with Gasteiger partial charge in [0.2, 0.25) is 6.29 Å². The van der Waals surface area contributed by atoms with Crippen LogP contribution < -0.4 is 0 Å². The minimum atomic E-state index is -0.424. The molecule has 0 aromatic carbocycles. The summed E-state index contributed by atoms with van der Waals surface area (Å²) in [5.41, 5.74) is 1.18. The number of hydrogen-bond donors (Lipinski definition) is 1. The summed E-state index contributed by atoms with van der Waals surface area (Å²) in [4.78, 5) is 13.7. The van der Waals surface area contributed by atoms with Crippen molar-refractivity contribution in [3.05, 3.63) is 34.2 Å². The number of aliphatic hydroxyl groups is 1. The number of ether oxygens (including phenoxy) is 2. The highest BCUT2D eigenvalue weighted by molar-refractivity contribution is 7.08. The number of unbranched alkanes of at least 4 members (excludes halogenated alkanes) is 1. The third-order valence-corrected chi connectivity index (χ3v) is 4.20. The van der Waals surface area contributed by atoms with Gasteiger partial charge in [0.1, 0.15) is 0 Å². The minimum Gasteiger partial charge on any atom is -0.459 e. The van der Waals surface area contributed by atoms with Crippen molar-refractivity contribution >= 4 is 17.2 Å². The second-order valence-corrected chi connectivity index (χ2v) is 6.26. The average molecular weight is 325 g/mol. The molecule has 1 amide bonds. The van der Waals surface area contributed by atoms with E-state index >= 15 is 0 Å². The van der Waals surface area contributed by atoms with Gasteiger partial charge in [-0.05, 0) is 41.3 Å². The molecule has 1 aliphatic rings. The number of aliphatic hydroxyl groups excluding tert-OH is 1. The quantitative estimate of drug-likeness (QED) is 0.782. The van der Waals surface area contributed by atoms with Gasteiger partial charge in [-0.25, -0.2) is 0 Å². The van der Waals surface area contributed by atoms with Crippen LogP contribution >= 0.6 is 11.3 Å². The minimum absolute atomic E-state index is 0.127. The smallest absolute Gasteiger partial charge is 0.288 e. The van der Waals surface area contributed by atoms with Crippen LogP contribution in [0, 0.1) is 0 Å². The predicted octanol–water partition coefficient (Wildman–Crippen LogP) is 2.34. The molecule has 5 nitrogen and oxygen atoms in total. The molecule has 6 heteroatoms. The van der Waals surface area contributed by atoms with E-state index in [1.54, 1.807) is 25.4 Å². The Morgan fingerprint density at radius 1 is 1.50 bits per heavy atom. The van der Waals surface area contributed by atoms with Crippen molar-refractivity contribution in [3.63, 3.8) is 0 Å². The van der Waals surface area contributed by atoms with Crippen LogP contribution in [0.5, 0.6) is 0 Å². The lowest BCUT2D eigenvalue weighted by molar-refractivity contribution is -0.151. The second kappa shape index (κ2) is 8.31. The van der Waals surface area contributed by atoms with Crippen LogP contribution in [0.1, 0.15) is 30.7 Å². The lowest BCUT2D eigenvalue weighted by Gasteiger charge is -2.29. The lowest BCUT2D eigenvalue weighted by Crippen LogP contribution is -2.32. The Morgan fingerprint density at radius 2 is 2.32 bits per heavy atom. The highest BCUT2D eigenvalue weighted by atomic mass is 32.1. The Labute approximate surface area is 135 Å². The van der Waals surface area contributed by atoms with Gasteiger partial charge in [-0.3, -0.25) is 4.79 Å². The molecule has 22 heavy (non-hydrogen) atoms. The van der Waals surface area contributed by atoms with E-state index in [2.05, 4.69) is 11.4 Å². The number of carbonyl (C=O) groups excluding carboxylic acids is 1. The lowest BCUT2D eigenvalue weighted by atomic mass is 9.95. The molecule has 0 fully saturated rings. The van der Waals surface area contributed by atoms with Crippen LogP contribution in [0.2, 0.25) is 0 Å². The molecule has 1 aromatic heterocycles. The zero-order valence-electron chi connectivity index (χ0n) is 13.0. The molecule has 0 spiro atoms. The summed E-state index contributed by atoms with van der Waals surface area (Å²) in [5.74, 6) is 0.324. The predicted molar refractivity (Wildman–Crippen MR) is 85.6 cm³/mol.